The van der Waals surface area contributed by atoms with Crippen molar-refractivity contribution in [1.82, 2.24) is 0 Å². The van der Waals surface area contributed by atoms with E-state index >= 15 is 0 Å². The molecule has 0 fully saturated rings. The highest BCUT2D eigenvalue weighted by molar-refractivity contribution is 7.85. The topological polar surface area (TPSA) is 70.8 Å². The third-order valence-corrected chi connectivity index (χ3v) is 5.28. The summed E-state index contributed by atoms with van der Waals surface area (Å²) < 4.78 is 64.2. The van der Waals surface area contributed by atoms with Crippen molar-refractivity contribution >= 4 is 28.1 Å². The van der Waals surface area contributed by atoms with E-state index in [1.807, 2.05) is 0 Å². The van der Waals surface area contributed by atoms with E-state index in [-0.39, 0.29) is 10.6 Å². The van der Waals surface area contributed by atoms with Crippen LogP contribution in [0, 0.1) is 12.4 Å². The maximum Gasteiger partial charge on any atom is 0.407 e. The van der Waals surface area contributed by atoms with Crippen LogP contribution in [0.15, 0.2) is 47.4 Å². The first-order valence-corrected chi connectivity index (χ1v) is 9.02. The number of rotatable bonds is 5. The van der Waals surface area contributed by atoms with Gasteiger partial charge in [-0.1, -0.05) is 6.07 Å². The van der Waals surface area contributed by atoms with E-state index in [9.17, 15) is 31.7 Å². The zero-order chi connectivity index (χ0) is 21.1. The highest BCUT2D eigenvalue weighted by Gasteiger charge is 2.36. The molecule has 0 aliphatic heterocycles. The fourth-order valence-corrected chi connectivity index (χ4v) is 3.44. The third kappa shape index (κ3) is 5.15. The first-order chi connectivity index (χ1) is 12.9. The van der Waals surface area contributed by atoms with E-state index in [4.69, 9.17) is 6.57 Å². The lowest BCUT2D eigenvalue weighted by Crippen LogP contribution is -2.44. The molecule has 0 aliphatic carbocycles. The largest absolute Gasteiger partial charge is 0.407 e. The summed E-state index contributed by atoms with van der Waals surface area (Å²) in [6.07, 6.45) is -4.80. The Morgan fingerprint density at radius 2 is 1.82 bits per heavy atom. The molecule has 2 rings (SSSR count). The van der Waals surface area contributed by atoms with Crippen LogP contribution in [0.4, 0.5) is 28.9 Å². The third-order valence-electron chi connectivity index (χ3n) is 3.66. The Hall–Kier alpha value is -2.77. The van der Waals surface area contributed by atoms with Gasteiger partial charge in [0.1, 0.15) is 5.82 Å². The van der Waals surface area contributed by atoms with Crippen LogP contribution in [0.3, 0.4) is 0 Å². The van der Waals surface area contributed by atoms with Crippen molar-refractivity contribution in [3.05, 3.63) is 65.3 Å². The van der Waals surface area contributed by atoms with E-state index in [1.165, 1.54) is 12.1 Å². The zero-order valence-corrected chi connectivity index (χ0v) is 15.2. The Morgan fingerprint density at radius 1 is 1.21 bits per heavy atom. The van der Waals surface area contributed by atoms with Crippen molar-refractivity contribution < 1.29 is 31.7 Å². The summed E-state index contributed by atoms with van der Waals surface area (Å²) in [6, 6.07) is 7.18. The van der Waals surface area contributed by atoms with Crippen LogP contribution in [0.5, 0.6) is 0 Å². The van der Waals surface area contributed by atoms with Gasteiger partial charge in [-0.25, -0.2) is 9.24 Å². The second kappa shape index (κ2) is 8.08. The SMILES string of the molecule is [C-]#[N+]c1ccc(NC(=O)C(C)(O)C[S@@](=O)c2ccc(F)cc2)cc1C(F)(F)F. The highest BCUT2D eigenvalue weighted by atomic mass is 32.2. The highest BCUT2D eigenvalue weighted by Crippen LogP contribution is 2.38. The molecule has 0 heterocycles. The summed E-state index contributed by atoms with van der Waals surface area (Å²) >= 11 is 0. The Labute approximate surface area is 160 Å². The van der Waals surface area contributed by atoms with Crippen LogP contribution in [0.2, 0.25) is 0 Å². The molecular formula is C18H14F4N2O3S. The number of nitrogens with zero attached hydrogens (tertiary/aromatic N) is 1. The van der Waals surface area contributed by atoms with Gasteiger partial charge in [-0.05, 0) is 43.3 Å². The molecular weight excluding hydrogens is 400 g/mol. The van der Waals surface area contributed by atoms with Crippen molar-refractivity contribution in [2.45, 2.75) is 23.6 Å². The molecule has 148 valence electrons. The molecule has 2 N–H and O–H groups in total. The Kier molecular flexibility index (Phi) is 6.21. The monoisotopic (exact) mass is 414 g/mol. The van der Waals surface area contributed by atoms with Gasteiger partial charge in [0.25, 0.3) is 5.91 Å². The number of carbonyl (C=O) groups excluding carboxylic acids is 1. The molecule has 2 aromatic rings. The molecule has 2 aromatic carbocycles. The summed E-state index contributed by atoms with van der Waals surface area (Å²) in [5.41, 5.74) is -4.32. The van der Waals surface area contributed by atoms with Crippen molar-refractivity contribution in [3.63, 3.8) is 0 Å². The molecule has 0 saturated carbocycles. The van der Waals surface area contributed by atoms with Crippen LogP contribution >= 0.6 is 0 Å². The van der Waals surface area contributed by atoms with Gasteiger partial charge in [-0.15, -0.1) is 0 Å². The quantitative estimate of drug-likeness (QED) is 0.576. The maximum atomic E-state index is 13.0. The molecule has 2 atom stereocenters. The molecule has 0 spiro atoms. The number of nitrogens with one attached hydrogen (secondary N) is 1. The number of amides is 1. The molecule has 0 radical (unpaired) electrons. The Morgan fingerprint density at radius 3 is 2.36 bits per heavy atom. The fourth-order valence-electron chi connectivity index (χ4n) is 2.19. The minimum Gasteiger partial charge on any atom is -0.379 e. The Bertz CT molecular complexity index is 951. The minimum atomic E-state index is -4.80. The summed E-state index contributed by atoms with van der Waals surface area (Å²) in [4.78, 5) is 15.2. The van der Waals surface area contributed by atoms with Gasteiger partial charge in [0.2, 0.25) is 0 Å². The molecule has 0 saturated heterocycles. The first kappa shape index (κ1) is 21.5. The second-order valence-electron chi connectivity index (χ2n) is 6.01. The van der Waals surface area contributed by atoms with Crippen LogP contribution in [-0.2, 0) is 21.8 Å². The van der Waals surface area contributed by atoms with Gasteiger partial charge >= 0.3 is 6.18 Å². The van der Waals surface area contributed by atoms with Gasteiger partial charge in [0.15, 0.2) is 11.3 Å². The van der Waals surface area contributed by atoms with E-state index in [0.29, 0.717) is 6.07 Å². The predicted octanol–water partition coefficient (Wildman–Crippen LogP) is 3.89. The summed E-state index contributed by atoms with van der Waals surface area (Å²) in [5, 5.41) is 12.4. The molecule has 10 heteroatoms. The molecule has 28 heavy (non-hydrogen) atoms. The summed E-state index contributed by atoms with van der Waals surface area (Å²) in [6.45, 7) is 7.85. The molecule has 0 aromatic heterocycles. The number of carbonyl (C=O) groups is 1. The van der Waals surface area contributed by atoms with Gasteiger partial charge in [0.05, 0.1) is 28.7 Å². The van der Waals surface area contributed by atoms with Gasteiger partial charge in [-0.3, -0.25) is 9.00 Å². The number of halogens is 4. The summed E-state index contributed by atoms with van der Waals surface area (Å²) in [7, 11) is -1.86. The van der Waals surface area contributed by atoms with E-state index in [1.54, 1.807) is 0 Å². The predicted molar refractivity (Wildman–Crippen MR) is 94.6 cm³/mol. The number of hydrogen-bond donors (Lipinski definition) is 2. The number of hydrogen-bond acceptors (Lipinski definition) is 3. The molecule has 1 amide bonds. The number of anilines is 1. The standard InChI is InChI=1S/C18H14F4N2O3S/c1-17(26,10-28(27)13-6-3-11(19)4-7-13)16(25)24-12-5-8-15(23-2)14(9-12)18(20,21)22/h3-9,26H,10H2,1H3,(H,24,25)/t17?,28-/m1/s1. The van der Waals surface area contributed by atoms with E-state index in [0.717, 1.165) is 31.2 Å². The van der Waals surface area contributed by atoms with Crippen LogP contribution < -0.4 is 5.32 Å². The average Bonchev–Trinajstić information content (AvgIpc) is 2.61. The van der Waals surface area contributed by atoms with Crippen LogP contribution in [-0.4, -0.2) is 26.6 Å². The van der Waals surface area contributed by atoms with Gasteiger partial charge in [-0.2, -0.15) is 13.2 Å². The van der Waals surface area contributed by atoms with E-state index < -0.39 is 51.3 Å². The van der Waals surface area contributed by atoms with E-state index in [2.05, 4.69) is 10.2 Å². The maximum absolute atomic E-state index is 13.0. The smallest absolute Gasteiger partial charge is 0.379 e. The lowest BCUT2D eigenvalue weighted by Gasteiger charge is -2.22. The lowest BCUT2D eigenvalue weighted by molar-refractivity contribution is -0.137. The molecule has 0 aliphatic rings. The first-order valence-electron chi connectivity index (χ1n) is 7.70. The fraction of sp³-hybridized carbons (Fsp3) is 0.222. The lowest BCUT2D eigenvalue weighted by atomic mass is 10.1. The number of aliphatic hydroxyl groups is 1. The molecule has 1 unspecified atom stereocenters. The van der Waals surface area contributed by atoms with Gasteiger partial charge in [0, 0.05) is 10.6 Å². The normalized spacial score (nSPS) is 14.6. The van der Waals surface area contributed by atoms with Crippen molar-refractivity contribution in [3.8, 4) is 0 Å². The average molecular weight is 414 g/mol. The van der Waals surface area contributed by atoms with Crippen molar-refractivity contribution in [1.29, 1.82) is 0 Å². The van der Waals surface area contributed by atoms with Crippen molar-refractivity contribution in [2.75, 3.05) is 11.1 Å². The van der Waals surface area contributed by atoms with Crippen LogP contribution in [0.1, 0.15) is 12.5 Å². The number of alkyl halides is 3. The van der Waals surface area contributed by atoms with Crippen molar-refractivity contribution in [2.24, 2.45) is 0 Å². The summed E-state index contributed by atoms with van der Waals surface area (Å²) in [5.74, 6) is -2.18. The number of benzene rings is 2. The van der Waals surface area contributed by atoms with Crippen LogP contribution in [0.25, 0.3) is 4.85 Å². The Balaban J connectivity index is 2.18. The second-order valence-corrected chi connectivity index (χ2v) is 7.46. The minimum absolute atomic E-state index is 0.176. The molecule has 0 bridgehead atoms. The zero-order valence-electron chi connectivity index (χ0n) is 14.4. The molecule has 5 nitrogen and oxygen atoms in total. The van der Waals surface area contributed by atoms with Gasteiger partial charge < -0.3 is 10.4 Å².